The number of H-pyrrole nitrogens is 1. The third-order valence-electron chi connectivity index (χ3n) is 8.13. The largest absolute Gasteiger partial charge is 0.497 e. The first-order valence-electron chi connectivity index (χ1n) is 12.5. The van der Waals surface area contributed by atoms with Crippen LogP contribution in [0.4, 0.5) is 5.69 Å². The van der Waals surface area contributed by atoms with Crippen molar-refractivity contribution >= 4 is 34.4 Å². The smallest absolute Gasteiger partial charge is 0.223 e. The van der Waals surface area contributed by atoms with E-state index in [2.05, 4.69) is 39.6 Å². The molecule has 2 fully saturated rings. The summed E-state index contributed by atoms with van der Waals surface area (Å²) >= 11 is 6.64. The van der Waals surface area contributed by atoms with Crippen molar-refractivity contribution in [3.63, 3.8) is 0 Å². The van der Waals surface area contributed by atoms with Crippen LogP contribution in [0.15, 0.2) is 36.5 Å². The molecule has 0 radical (unpaired) electrons. The highest BCUT2D eigenvalue weighted by molar-refractivity contribution is 6.34. The third kappa shape index (κ3) is 3.86. The first-order valence-corrected chi connectivity index (χ1v) is 12.9. The van der Waals surface area contributed by atoms with Gasteiger partial charge >= 0.3 is 0 Å². The summed E-state index contributed by atoms with van der Waals surface area (Å²) in [6, 6.07) is 6.11. The molecule has 0 aliphatic heterocycles. The van der Waals surface area contributed by atoms with Gasteiger partial charge in [-0.05, 0) is 60.8 Å². The van der Waals surface area contributed by atoms with E-state index in [-0.39, 0.29) is 29.7 Å². The Kier molecular flexibility index (Phi) is 5.67. The van der Waals surface area contributed by atoms with Crippen molar-refractivity contribution in [3.05, 3.63) is 47.1 Å². The highest BCUT2D eigenvalue weighted by Crippen LogP contribution is 2.46. The fraction of sp³-hybridized carbons (Fsp3) is 0.444. The third-order valence-corrected chi connectivity index (χ3v) is 8.42. The average molecular weight is 492 g/mol. The Hall–Kier alpha value is -3.06. The number of anilines is 1. The molecule has 35 heavy (non-hydrogen) atoms. The van der Waals surface area contributed by atoms with E-state index in [9.17, 15) is 4.79 Å². The Morgan fingerprint density at radius 2 is 2.00 bits per heavy atom. The highest BCUT2D eigenvalue weighted by Gasteiger charge is 2.47. The van der Waals surface area contributed by atoms with Crippen LogP contribution in [0, 0.1) is 17.8 Å². The number of rotatable bonds is 6. The van der Waals surface area contributed by atoms with Gasteiger partial charge in [0.05, 0.1) is 29.9 Å². The summed E-state index contributed by atoms with van der Waals surface area (Å²) in [7, 11) is 1.70. The second-order valence-corrected chi connectivity index (χ2v) is 10.5. The number of nitrogens with zero attached hydrogens (tertiary/aromatic N) is 2. The number of methoxy groups -OCH3 is 1. The van der Waals surface area contributed by atoms with Crippen molar-refractivity contribution in [1.82, 2.24) is 15.0 Å². The second-order valence-electron chi connectivity index (χ2n) is 10.1. The quantitative estimate of drug-likeness (QED) is 0.399. The van der Waals surface area contributed by atoms with Crippen molar-refractivity contribution in [2.75, 3.05) is 12.4 Å². The maximum atomic E-state index is 12.2. The number of allylic oxidation sites excluding steroid dienone is 1. The van der Waals surface area contributed by atoms with Crippen LogP contribution in [0.2, 0.25) is 5.02 Å². The number of imidazole rings is 1. The average Bonchev–Trinajstić information content (AvgIpc) is 3.61. The lowest BCUT2D eigenvalue weighted by Gasteiger charge is -2.28. The van der Waals surface area contributed by atoms with Crippen LogP contribution in [-0.4, -0.2) is 34.0 Å². The zero-order valence-corrected chi connectivity index (χ0v) is 20.5. The lowest BCUT2D eigenvalue weighted by Crippen LogP contribution is -2.41. The number of benzene rings is 1. The molecule has 4 atom stereocenters. The number of primary amides is 1. The van der Waals surface area contributed by atoms with Crippen LogP contribution < -0.4 is 15.8 Å². The second kappa shape index (κ2) is 8.86. The Morgan fingerprint density at radius 1 is 1.20 bits per heavy atom. The summed E-state index contributed by atoms with van der Waals surface area (Å²) in [5.41, 5.74) is 10.2. The van der Waals surface area contributed by atoms with Crippen LogP contribution in [-0.2, 0) is 4.79 Å². The molecule has 2 bridgehead atoms. The molecule has 182 valence electrons. The molecular weight excluding hydrogens is 462 g/mol. The lowest BCUT2D eigenvalue weighted by atomic mass is 9.82. The van der Waals surface area contributed by atoms with Gasteiger partial charge in [0.25, 0.3) is 0 Å². The molecule has 6 rings (SSSR count). The normalized spacial score (nSPS) is 25.9. The fourth-order valence-electron chi connectivity index (χ4n) is 6.41. The highest BCUT2D eigenvalue weighted by atomic mass is 35.5. The molecule has 3 aliphatic carbocycles. The summed E-state index contributed by atoms with van der Waals surface area (Å²) in [5, 5.41) is 4.05. The number of hydrogen-bond acceptors (Lipinski definition) is 5. The predicted molar refractivity (Wildman–Crippen MR) is 138 cm³/mol. The molecule has 0 spiro atoms. The number of halogens is 1. The number of nitrogens with two attached hydrogens (primary N) is 1. The lowest BCUT2D eigenvalue weighted by molar-refractivity contribution is -0.122. The fourth-order valence-corrected chi connectivity index (χ4v) is 6.61. The van der Waals surface area contributed by atoms with Gasteiger partial charge in [0.2, 0.25) is 5.91 Å². The zero-order valence-electron chi connectivity index (χ0n) is 19.8. The van der Waals surface area contributed by atoms with E-state index in [0.717, 1.165) is 34.8 Å². The number of carbonyl (C=O) groups excluding carboxylic acids is 1. The van der Waals surface area contributed by atoms with Crippen LogP contribution in [0.5, 0.6) is 5.75 Å². The number of nitrogens with one attached hydrogen (secondary N) is 2. The first-order chi connectivity index (χ1) is 17.0. The number of amides is 1. The standard InChI is InChI=1S/C27H30ClN5O2/c1-35-17-9-10-18(19(12-17)14-5-3-2-4-6-14)26-32-24-23(20(28)13-30-27(24)33-26)31-22-16-8-7-15(11-16)21(22)25(29)34/h7-10,12-16,21-22H,2-6,11H2,1H3,(H2,29,34)(H2,30,31,32,33)/t15-,16+,21+,22-/m1/s1. The minimum atomic E-state index is -0.276. The molecule has 7 nitrogen and oxygen atoms in total. The number of aromatic nitrogens is 3. The van der Waals surface area contributed by atoms with E-state index in [0.29, 0.717) is 16.6 Å². The summed E-state index contributed by atoms with van der Waals surface area (Å²) < 4.78 is 5.54. The molecule has 4 N–H and O–H groups in total. The van der Waals surface area contributed by atoms with Crippen LogP contribution >= 0.6 is 11.6 Å². The molecule has 2 heterocycles. The monoisotopic (exact) mass is 491 g/mol. The van der Waals surface area contributed by atoms with Crippen LogP contribution in [0.1, 0.15) is 50.0 Å². The molecule has 1 aromatic carbocycles. The SMILES string of the molecule is COc1ccc(-c2nc3ncc(Cl)c(N[C@H]4[C@@H](C(N)=O)[C@@H]5C=C[C@H]4C5)c3[nH]2)c(C2CCCCC2)c1. The molecule has 3 aliphatic rings. The van der Waals surface area contributed by atoms with E-state index >= 15 is 0 Å². The van der Waals surface area contributed by atoms with Gasteiger partial charge in [-0.2, -0.15) is 0 Å². The number of carbonyl (C=O) groups is 1. The van der Waals surface area contributed by atoms with Gasteiger partial charge in [-0.1, -0.05) is 43.0 Å². The minimum Gasteiger partial charge on any atom is -0.497 e. The van der Waals surface area contributed by atoms with Crippen molar-refractivity contribution in [3.8, 4) is 17.1 Å². The van der Waals surface area contributed by atoms with Gasteiger partial charge in [0.1, 0.15) is 17.1 Å². The zero-order chi connectivity index (χ0) is 24.1. The topological polar surface area (TPSA) is 106 Å². The number of fused-ring (bicyclic) bond motifs is 3. The van der Waals surface area contributed by atoms with Crippen molar-refractivity contribution < 1.29 is 9.53 Å². The summed E-state index contributed by atoms with van der Waals surface area (Å²) in [5.74, 6) is 2.00. The molecule has 0 unspecified atom stereocenters. The molecular formula is C27H30ClN5O2. The van der Waals surface area contributed by atoms with E-state index < -0.39 is 0 Å². The van der Waals surface area contributed by atoms with Crippen LogP contribution in [0.3, 0.4) is 0 Å². The van der Waals surface area contributed by atoms with E-state index in [1.807, 2.05) is 6.07 Å². The number of aromatic amines is 1. The molecule has 3 aromatic rings. The van der Waals surface area contributed by atoms with E-state index in [4.69, 9.17) is 27.1 Å². The minimum absolute atomic E-state index is 0.101. The molecule has 2 saturated carbocycles. The number of pyridine rings is 1. The van der Waals surface area contributed by atoms with Gasteiger partial charge in [-0.15, -0.1) is 0 Å². The van der Waals surface area contributed by atoms with Gasteiger partial charge in [0.15, 0.2) is 5.65 Å². The Balaban J connectivity index is 1.41. The van der Waals surface area contributed by atoms with E-state index in [1.165, 1.54) is 37.7 Å². The van der Waals surface area contributed by atoms with Gasteiger partial charge in [-0.3, -0.25) is 4.79 Å². The maximum absolute atomic E-state index is 12.2. The van der Waals surface area contributed by atoms with Gasteiger partial charge in [-0.25, -0.2) is 9.97 Å². The summed E-state index contributed by atoms with van der Waals surface area (Å²) in [6.07, 6.45) is 13.0. The molecule has 8 heteroatoms. The Morgan fingerprint density at radius 3 is 2.77 bits per heavy atom. The Labute approximate surface area is 209 Å². The van der Waals surface area contributed by atoms with Crippen molar-refractivity contribution in [1.29, 1.82) is 0 Å². The maximum Gasteiger partial charge on any atom is 0.223 e. The van der Waals surface area contributed by atoms with Crippen LogP contribution in [0.25, 0.3) is 22.6 Å². The van der Waals surface area contributed by atoms with Crippen molar-refractivity contribution in [2.24, 2.45) is 23.5 Å². The summed E-state index contributed by atoms with van der Waals surface area (Å²) in [4.78, 5) is 25.1. The molecule has 0 saturated heterocycles. The summed E-state index contributed by atoms with van der Waals surface area (Å²) in [6.45, 7) is 0. The first kappa shape index (κ1) is 22.4. The van der Waals surface area contributed by atoms with Crippen molar-refractivity contribution in [2.45, 2.75) is 50.5 Å². The number of hydrogen-bond donors (Lipinski definition) is 3. The Bertz CT molecular complexity index is 1310. The predicted octanol–water partition coefficient (Wildman–Crippen LogP) is 5.42. The van der Waals surface area contributed by atoms with E-state index in [1.54, 1.807) is 13.3 Å². The molecule has 1 amide bonds. The van der Waals surface area contributed by atoms with Gasteiger partial charge < -0.3 is 20.8 Å². The molecule has 2 aromatic heterocycles. The van der Waals surface area contributed by atoms with Gasteiger partial charge in [0, 0.05) is 11.6 Å². The number of ether oxygens (including phenoxy) is 1.